The molecule has 4 heteroatoms. The molecule has 1 fully saturated rings. The highest BCUT2D eigenvalue weighted by Crippen LogP contribution is 2.33. The average Bonchev–Trinajstić information content (AvgIpc) is 2.86. The van der Waals surface area contributed by atoms with Gasteiger partial charge in [-0.3, -0.25) is 4.90 Å². The molecule has 1 aromatic carbocycles. The number of benzene rings is 1. The molecule has 2 rings (SSSR count). The van der Waals surface area contributed by atoms with E-state index < -0.39 is 0 Å². The number of hydrogen-bond acceptors (Lipinski definition) is 4. The molecule has 1 saturated heterocycles. The van der Waals surface area contributed by atoms with Crippen molar-refractivity contribution >= 4 is 0 Å². The first-order valence-corrected chi connectivity index (χ1v) is 6.76. The second kappa shape index (κ2) is 6.26. The SMILES string of the molecule is COc1ccc(CN2CCCC2CO)c(OC)c1C. The number of nitrogens with zero attached hydrogens (tertiary/aromatic N) is 1. The molecule has 4 nitrogen and oxygen atoms in total. The fourth-order valence-electron chi connectivity index (χ4n) is 2.89. The number of methoxy groups -OCH3 is 2. The van der Waals surface area contributed by atoms with Crippen LogP contribution in [0.1, 0.15) is 24.0 Å². The fourth-order valence-corrected chi connectivity index (χ4v) is 2.89. The molecule has 1 aliphatic heterocycles. The zero-order valence-electron chi connectivity index (χ0n) is 12.0. The molecule has 0 aromatic heterocycles. The van der Waals surface area contributed by atoms with Gasteiger partial charge in [0.1, 0.15) is 11.5 Å². The van der Waals surface area contributed by atoms with E-state index in [4.69, 9.17) is 9.47 Å². The van der Waals surface area contributed by atoms with Crippen LogP contribution in [-0.4, -0.2) is 43.4 Å². The Morgan fingerprint density at radius 3 is 2.74 bits per heavy atom. The van der Waals surface area contributed by atoms with Crippen LogP contribution < -0.4 is 9.47 Å². The van der Waals surface area contributed by atoms with E-state index in [1.807, 2.05) is 13.0 Å². The van der Waals surface area contributed by atoms with Crippen molar-refractivity contribution in [1.29, 1.82) is 0 Å². The minimum absolute atomic E-state index is 0.234. The maximum atomic E-state index is 9.38. The quantitative estimate of drug-likeness (QED) is 0.884. The average molecular weight is 265 g/mol. The van der Waals surface area contributed by atoms with Crippen LogP contribution in [0.3, 0.4) is 0 Å². The minimum Gasteiger partial charge on any atom is -0.496 e. The van der Waals surface area contributed by atoms with Crippen LogP contribution in [0.5, 0.6) is 11.5 Å². The van der Waals surface area contributed by atoms with Crippen LogP contribution in [-0.2, 0) is 6.54 Å². The highest BCUT2D eigenvalue weighted by molar-refractivity contribution is 5.49. The lowest BCUT2D eigenvalue weighted by Gasteiger charge is -2.24. The molecule has 106 valence electrons. The summed E-state index contributed by atoms with van der Waals surface area (Å²) in [7, 11) is 3.36. The predicted molar refractivity (Wildman–Crippen MR) is 74.8 cm³/mol. The van der Waals surface area contributed by atoms with E-state index in [1.165, 1.54) is 0 Å². The van der Waals surface area contributed by atoms with E-state index in [9.17, 15) is 5.11 Å². The predicted octanol–water partition coefficient (Wildman–Crippen LogP) is 1.97. The normalized spacial score (nSPS) is 19.7. The standard InChI is InChI=1S/C15H23NO3/c1-11-14(18-2)7-6-12(15(11)19-3)9-16-8-4-5-13(16)10-17/h6-7,13,17H,4-5,8-10H2,1-3H3. The maximum absolute atomic E-state index is 9.38. The Morgan fingerprint density at radius 2 is 2.11 bits per heavy atom. The summed E-state index contributed by atoms with van der Waals surface area (Å²) < 4.78 is 10.8. The molecule has 1 heterocycles. The maximum Gasteiger partial charge on any atom is 0.129 e. The highest BCUT2D eigenvalue weighted by atomic mass is 16.5. The van der Waals surface area contributed by atoms with Gasteiger partial charge in [-0.05, 0) is 32.4 Å². The minimum atomic E-state index is 0.234. The number of likely N-dealkylation sites (tertiary alicyclic amines) is 1. The molecular formula is C15H23NO3. The number of ether oxygens (including phenoxy) is 2. The van der Waals surface area contributed by atoms with Crippen LogP contribution in [0, 0.1) is 6.92 Å². The molecule has 1 unspecified atom stereocenters. The van der Waals surface area contributed by atoms with E-state index in [1.54, 1.807) is 14.2 Å². The number of hydrogen-bond donors (Lipinski definition) is 1. The van der Waals surface area contributed by atoms with Gasteiger partial charge in [-0.2, -0.15) is 0 Å². The Labute approximate surface area is 114 Å². The molecule has 0 saturated carbocycles. The molecule has 0 bridgehead atoms. The molecule has 1 aromatic rings. The molecule has 19 heavy (non-hydrogen) atoms. The van der Waals surface area contributed by atoms with E-state index in [-0.39, 0.29) is 12.6 Å². The van der Waals surface area contributed by atoms with Gasteiger partial charge in [-0.25, -0.2) is 0 Å². The Morgan fingerprint density at radius 1 is 1.32 bits per heavy atom. The van der Waals surface area contributed by atoms with Crippen molar-refractivity contribution in [3.05, 3.63) is 23.3 Å². The lowest BCUT2D eigenvalue weighted by Crippen LogP contribution is -2.31. The van der Waals surface area contributed by atoms with E-state index in [0.717, 1.165) is 48.6 Å². The third-order valence-electron chi connectivity index (χ3n) is 3.95. The summed E-state index contributed by atoms with van der Waals surface area (Å²) in [6, 6.07) is 4.32. The van der Waals surface area contributed by atoms with Crippen LogP contribution >= 0.6 is 0 Å². The Balaban J connectivity index is 2.22. The first-order chi connectivity index (χ1) is 9.21. The topological polar surface area (TPSA) is 41.9 Å². The fraction of sp³-hybridized carbons (Fsp3) is 0.600. The number of rotatable bonds is 5. The van der Waals surface area contributed by atoms with Crippen molar-refractivity contribution in [2.45, 2.75) is 32.4 Å². The Bertz CT molecular complexity index is 434. The highest BCUT2D eigenvalue weighted by Gasteiger charge is 2.25. The molecule has 0 amide bonds. The lowest BCUT2D eigenvalue weighted by atomic mass is 10.1. The summed E-state index contributed by atoms with van der Waals surface area (Å²) in [5.41, 5.74) is 2.18. The summed E-state index contributed by atoms with van der Waals surface area (Å²) in [5, 5.41) is 9.38. The zero-order valence-corrected chi connectivity index (χ0v) is 12.0. The van der Waals surface area contributed by atoms with Crippen molar-refractivity contribution in [2.24, 2.45) is 0 Å². The summed E-state index contributed by atoms with van der Waals surface area (Å²) in [6.07, 6.45) is 2.23. The smallest absolute Gasteiger partial charge is 0.129 e. The third-order valence-corrected chi connectivity index (χ3v) is 3.95. The summed E-state index contributed by atoms with van der Waals surface area (Å²) in [4.78, 5) is 2.32. The third kappa shape index (κ3) is 2.85. The summed E-state index contributed by atoms with van der Waals surface area (Å²) >= 11 is 0. The molecule has 0 aliphatic carbocycles. The first-order valence-electron chi connectivity index (χ1n) is 6.76. The van der Waals surface area contributed by atoms with Gasteiger partial charge in [-0.1, -0.05) is 6.07 Å². The van der Waals surface area contributed by atoms with Gasteiger partial charge in [0.05, 0.1) is 20.8 Å². The van der Waals surface area contributed by atoms with E-state index in [2.05, 4.69) is 11.0 Å². The van der Waals surface area contributed by atoms with E-state index >= 15 is 0 Å². The number of aliphatic hydroxyl groups is 1. The van der Waals surface area contributed by atoms with Crippen LogP contribution in [0.2, 0.25) is 0 Å². The van der Waals surface area contributed by atoms with Gasteiger partial charge in [0.2, 0.25) is 0 Å². The largest absolute Gasteiger partial charge is 0.496 e. The van der Waals surface area contributed by atoms with Crippen molar-refractivity contribution in [1.82, 2.24) is 4.90 Å². The molecule has 1 N–H and O–H groups in total. The van der Waals surface area contributed by atoms with Gasteiger partial charge >= 0.3 is 0 Å². The molecule has 0 radical (unpaired) electrons. The van der Waals surface area contributed by atoms with Crippen molar-refractivity contribution < 1.29 is 14.6 Å². The van der Waals surface area contributed by atoms with Crippen LogP contribution in [0.25, 0.3) is 0 Å². The molecule has 1 aliphatic rings. The monoisotopic (exact) mass is 265 g/mol. The molecular weight excluding hydrogens is 242 g/mol. The summed E-state index contributed by atoms with van der Waals surface area (Å²) in [6.45, 7) is 4.10. The Kier molecular flexibility index (Phi) is 4.66. The van der Waals surface area contributed by atoms with E-state index in [0.29, 0.717) is 0 Å². The van der Waals surface area contributed by atoms with Gasteiger partial charge < -0.3 is 14.6 Å². The first kappa shape index (κ1) is 14.2. The zero-order chi connectivity index (χ0) is 13.8. The van der Waals surface area contributed by atoms with Crippen LogP contribution in [0.15, 0.2) is 12.1 Å². The lowest BCUT2D eigenvalue weighted by molar-refractivity contribution is 0.152. The molecule has 1 atom stereocenters. The second-order valence-corrected chi connectivity index (χ2v) is 5.03. The van der Waals surface area contributed by atoms with Crippen molar-refractivity contribution in [2.75, 3.05) is 27.4 Å². The van der Waals surface area contributed by atoms with Gasteiger partial charge in [0, 0.05) is 23.7 Å². The number of aliphatic hydroxyl groups excluding tert-OH is 1. The van der Waals surface area contributed by atoms with Crippen LogP contribution in [0.4, 0.5) is 0 Å². The van der Waals surface area contributed by atoms with Gasteiger partial charge in [0.15, 0.2) is 0 Å². The second-order valence-electron chi connectivity index (χ2n) is 5.03. The van der Waals surface area contributed by atoms with Crippen molar-refractivity contribution in [3.8, 4) is 11.5 Å². The van der Waals surface area contributed by atoms with Gasteiger partial charge in [-0.15, -0.1) is 0 Å². The van der Waals surface area contributed by atoms with Crippen molar-refractivity contribution in [3.63, 3.8) is 0 Å². The molecule has 0 spiro atoms. The summed E-state index contributed by atoms with van der Waals surface area (Å²) in [5.74, 6) is 1.74. The van der Waals surface area contributed by atoms with Gasteiger partial charge in [0.25, 0.3) is 0 Å². The Hall–Kier alpha value is -1.26.